The summed E-state index contributed by atoms with van der Waals surface area (Å²) in [6, 6.07) is 8.29. The van der Waals surface area contributed by atoms with Crippen molar-refractivity contribution in [3.63, 3.8) is 0 Å². The molecule has 1 aliphatic heterocycles. The van der Waals surface area contributed by atoms with Crippen LogP contribution in [0.3, 0.4) is 0 Å². The fourth-order valence-corrected chi connectivity index (χ4v) is 3.36. The monoisotopic (exact) mass is 274 g/mol. The summed E-state index contributed by atoms with van der Waals surface area (Å²) in [6.45, 7) is 4.66. The summed E-state index contributed by atoms with van der Waals surface area (Å²) in [7, 11) is 0. The minimum Gasteiger partial charge on any atom is -0.492 e. The van der Waals surface area contributed by atoms with Crippen molar-refractivity contribution < 1.29 is 4.74 Å². The zero-order valence-corrected chi connectivity index (χ0v) is 11.9. The van der Waals surface area contributed by atoms with Gasteiger partial charge in [0.05, 0.1) is 12.3 Å². The van der Waals surface area contributed by atoms with Crippen molar-refractivity contribution >= 4 is 22.7 Å². The van der Waals surface area contributed by atoms with Crippen molar-refractivity contribution in [2.75, 3.05) is 23.8 Å². The van der Waals surface area contributed by atoms with E-state index in [1.807, 2.05) is 24.3 Å². The second-order valence-electron chi connectivity index (χ2n) is 4.70. The molecule has 0 aliphatic carbocycles. The first-order valence-corrected chi connectivity index (χ1v) is 7.48. The van der Waals surface area contributed by atoms with Crippen molar-refractivity contribution in [3.8, 4) is 5.75 Å². The average Bonchev–Trinajstić information content (AvgIpc) is 2.89. The quantitative estimate of drug-likeness (QED) is 0.873. The Hall–Kier alpha value is -1.68. The van der Waals surface area contributed by atoms with E-state index < -0.39 is 0 Å². The largest absolute Gasteiger partial charge is 0.492 e. The second-order valence-corrected chi connectivity index (χ2v) is 5.70. The first-order chi connectivity index (χ1) is 9.28. The molecule has 2 N–H and O–H groups in total. The predicted octanol–water partition coefficient (Wildman–Crippen LogP) is 3.29. The molecule has 1 aromatic carbocycles. The molecule has 0 amide bonds. The lowest BCUT2D eigenvalue weighted by molar-refractivity contribution is 0.342. The van der Waals surface area contributed by atoms with Crippen molar-refractivity contribution in [2.45, 2.75) is 19.9 Å². The number of anilines is 2. The van der Waals surface area contributed by atoms with Gasteiger partial charge in [0.2, 0.25) is 0 Å². The Morgan fingerprint density at radius 1 is 1.37 bits per heavy atom. The molecule has 0 unspecified atom stereocenters. The van der Waals surface area contributed by atoms with E-state index in [2.05, 4.69) is 28.5 Å². The Kier molecular flexibility index (Phi) is 3.34. The molecule has 4 heteroatoms. The number of thiophene rings is 1. The van der Waals surface area contributed by atoms with Crippen LogP contribution in [0.25, 0.3) is 0 Å². The zero-order valence-electron chi connectivity index (χ0n) is 11.1. The highest BCUT2D eigenvalue weighted by Gasteiger charge is 2.18. The fourth-order valence-electron chi connectivity index (χ4n) is 2.47. The van der Waals surface area contributed by atoms with Gasteiger partial charge < -0.3 is 15.4 Å². The van der Waals surface area contributed by atoms with E-state index >= 15 is 0 Å². The van der Waals surface area contributed by atoms with Gasteiger partial charge in [0, 0.05) is 29.7 Å². The van der Waals surface area contributed by atoms with E-state index in [0.29, 0.717) is 12.3 Å². The van der Waals surface area contributed by atoms with Crippen LogP contribution in [0, 0.1) is 0 Å². The Balaban J connectivity index is 1.85. The number of ether oxygens (including phenoxy) is 1. The van der Waals surface area contributed by atoms with Gasteiger partial charge >= 0.3 is 0 Å². The van der Waals surface area contributed by atoms with Crippen LogP contribution in [-0.4, -0.2) is 13.2 Å². The molecule has 1 aliphatic rings. The molecule has 0 atom stereocenters. The number of nitrogens with two attached hydrogens (primary N) is 1. The molecule has 19 heavy (non-hydrogen) atoms. The highest BCUT2D eigenvalue weighted by Crippen LogP contribution is 2.32. The van der Waals surface area contributed by atoms with E-state index in [1.165, 1.54) is 16.1 Å². The molecule has 0 saturated heterocycles. The number of rotatable bonds is 3. The summed E-state index contributed by atoms with van der Waals surface area (Å²) in [5.41, 5.74) is 9.27. The maximum atomic E-state index is 5.92. The third-order valence-corrected chi connectivity index (χ3v) is 4.49. The van der Waals surface area contributed by atoms with Gasteiger partial charge in [-0.1, -0.05) is 0 Å². The number of hydrogen-bond donors (Lipinski definition) is 1. The van der Waals surface area contributed by atoms with Gasteiger partial charge in [-0.05, 0) is 42.5 Å². The molecule has 3 nitrogen and oxygen atoms in total. The van der Waals surface area contributed by atoms with Gasteiger partial charge in [0.1, 0.15) is 5.75 Å². The van der Waals surface area contributed by atoms with Crippen LogP contribution in [-0.2, 0) is 13.0 Å². The SMILES string of the molecule is CCOc1cc(N2CCc3sccc3C2)ccc1N. The number of nitrogens with zero attached hydrogens (tertiary/aromatic N) is 1. The topological polar surface area (TPSA) is 38.5 Å². The van der Waals surface area contributed by atoms with Crippen LogP contribution in [0.2, 0.25) is 0 Å². The smallest absolute Gasteiger partial charge is 0.144 e. The molecule has 0 saturated carbocycles. The van der Waals surface area contributed by atoms with Crippen LogP contribution >= 0.6 is 11.3 Å². The van der Waals surface area contributed by atoms with E-state index in [1.54, 1.807) is 0 Å². The number of nitrogen functional groups attached to an aromatic ring is 1. The van der Waals surface area contributed by atoms with Gasteiger partial charge in [-0.3, -0.25) is 0 Å². The van der Waals surface area contributed by atoms with E-state index in [-0.39, 0.29) is 0 Å². The van der Waals surface area contributed by atoms with Crippen molar-refractivity contribution in [3.05, 3.63) is 40.1 Å². The van der Waals surface area contributed by atoms with Crippen LogP contribution in [0.1, 0.15) is 17.4 Å². The summed E-state index contributed by atoms with van der Waals surface area (Å²) >= 11 is 1.86. The fraction of sp³-hybridized carbons (Fsp3) is 0.333. The van der Waals surface area contributed by atoms with Gasteiger partial charge in [-0.2, -0.15) is 0 Å². The molecule has 2 heterocycles. The summed E-state index contributed by atoms with van der Waals surface area (Å²) in [6.07, 6.45) is 1.13. The highest BCUT2D eigenvalue weighted by atomic mass is 32.1. The molecule has 100 valence electrons. The lowest BCUT2D eigenvalue weighted by Gasteiger charge is -2.29. The Morgan fingerprint density at radius 2 is 2.26 bits per heavy atom. The van der Waals surface area contributed by atoms with Gasteiger partial charge in [-0.25, -0.2) is 0 Å². The molecule has 0 fully saturated rings. The van der Waals surface area contributed by atoms with Crippen LogP contribution in [0.4, 0.5) is 11.4 Å². The lowest BCUT2D eigenvalue weighted by Crippen LogP contribution is -2.29. The molecule has 1 aromatic heterocycles. The minimum absolute atomic E-state index is 0.641. The Morgan fingerprint density at radius 3 is 3.11 bits per heavy atom. The first-order valence-electron chi connectivity index (χ1n) is 6.60. The van der Waals surface area contributed by atoms with Crippen LogP contribution in [0.15, 0.2) is 29.6 Å². The molecular formula is C15H18N2OS. The maximum absolute atomic E-state index is 5.92. The van der Waals surface area contributed by atoms with E-state index in [0.717, 1.165) is 25.3 Å². The predicted molar refractivity (Wildman–Crippen MR) is 81.1 cm³/mol. The molecule has 2 aromatic rings. The summed E-state index contributed by atoms with van der Waals surface area (Å²) in [4.78, 5) is 3.91. The number of fused-ring (bicyclic) bond motifs is 1. The summed E-state index contributed by atoms with van der Waals surface area (Å²) < 4.78 is 5.57. The molecule has 0 radical (unpaired) electrons. The highest BCUT2D eigenvalue weighted by molar-refractivity contribution is 7.10. The van der Waals surface area contributed by atoms with Crippen molar-refractivity contribution in [1.82, 2.24) is 0 Å². The second kappa shape index (κ2) is 5.13. The Labute approximate surface area is 117 Å². The summed E-state index contributed by atoms with van der Waals surface area (Å²) in [5, 5.41) is 2.18. The third-order valence-electron chi connectivity index (χ3n) is 3.47. The standard InChI is InChI=1S/C15H18N2OS/c1-2-18-14-9-12(3-4-13(14)16)17-7-5-15-11(10-17)6-8-19-15/h3-4,6,8-9H,2,5,7,10,16H2,1H3. The van der Waals surface area contributed by atoms with E-state index in [4.69, 9.17) is 10.5 Å². The number of benzene rings is 1. The van der Waals surface area contributed by atoms with Crippen LogP contribution in [0.5, 0.6) is 5.75 Å². The third kappa shape index (κ3) is 2.40. The van der Waals surface area contributed by atoms with Crippen molar-refractivity contribution in [2.24, 2.45) is 0 Å². The van der Waals surface area contributed by atoms with Crippen molar-refractivity contribution in [1.29, 1.82) is 0 Å². The average molecular weight is 274 g/mol. The zero-order chi connectivity index (χ0) is 13.2. The molecular weight excluding hydrogens is 256 g/mol. The van der Waals surface area contributed by atoms with Gasteiger partial charge in [0.15, 0.2) is 0 Å². The van der Waals surface area contributed by atoms with E-state index in [9.17, 15) is 0 Å². The molecule has 0 spiro atoms. The van der Waals surface area contributed by atoms with Gasteiger partial charge in [0.25, 0.3) is 0 Å². The molecule has 0 bridgehead atoms. The number of hydrogen-bond acceptors (Lipinski definition) is 4. The van der Waals surface area contributed by atoms with Gasteiger partial charge in [-0.15, -0.1) is 11.3 Å². The normalized spacial score (nSPS) is 14.3. The minimum atomic E-state index is 0.641. The molecule has 3 rings (SSSR count). The van der Waals surface area contributed by atoms with Crippen LogP contribution < -0.4 is 15.4 Å². The maximum Gasteiger partial charge on any atom is 0.144 e. The lowest BCUT2D eigenvalue weighted by atomic mass is 10.1. The Bertz CT molecular complexity index is 579. The summed E-state index contributed by atoms with van der Waals surface area (Å²) in [5.74, 6) is 0.788. The first kappa shape index (κ1) is 12.4.